The number of allylic oxidation sites excluding steroid dienone is 6. The van der Waals surface area contributed by atoms with Gasteiger partial charge in [0.1, 0.15) is 6.10 Å². The van der Waals surface area contributed by atoms with Crippen LogP contribution < -0.4 is 0 Å². The van der Waals surface area contributed by atoms with E-state index in [9.17, 15) is 4.79 Å². The molecule has 7 atom stereocenters. The van der Waals surface area contributed by atoms with Crippen molar-refractivity contribution in [3.05, 3.63) is 34.9 Å². The second-order valence-corrected chi connectivity index (χ2v) is 13.8. The molecule has 0 aromatic carbocycles. The summed E-state index contributed by atoms with van der Waals surface area (Å²) in [5, 5.41) is 0. The summed E-state index contributed by atoms with van der Waals surface area (Å²) in [7, 11) is 0. The number of esters is 1. The van der Waals surface area contributed by atoms with Gasteiger partial charge < -0.3 is 4.74 Å². The van der Waals surface area contributed by atoms with Gasteiger partial charge in [-0.05, 0) is 110 Å². The van der Waals surface area contributed by atoms with E-state index in [1.807, 2.05) is 0 Å². The maximum absolute atomic E-state index is 11.8. The van der Waals surface area contributed by atoms with Crippen LogP contribution in [0.3, 0.4) is 0 Å². The van der Waals surface area contributed by atoms with Crippen LogP contribution in [0.5, 0.6) is 0 Å². The van der Waals surface area contributed by atoms with Crippen LogP contribution in [-0.2, 0) is 9.53 Å². The van der Waals surface area contributed by atoms with Crippen LogP contribution in [0, 0.1) is 39.4 Å². The van der Waals surface area contributed by atoms with Crippen molar-refractivity contribution in [2.75, 3.05) is 0 Å². The molecule has 0 aromatic rings. The molecule has 0 heterocycles. The molecule has 2 saturated carbocycles. The number of hydrogen-bond acceptors (Lipinski definition) is 2. The number of carbonyl (C=O) groups is 1. The first-order valence-corrected chi connectivity index (χ1v) is 14.0. The summed E-state index contributed by atoms with van der Waals surface area (Å²) in [5.41, 5.74) is 5.57. The van der Waals surface area contributed by atoms with E-state index in [2.05, 4.69) is 73.6 Å². The summed E-state index contributed by atoms with van der Waals surface area (Å²) in [4.78, 5) is 11.8. The molecular weight excluding hydrogens is 416 g/mol. The van der Waals surface area contributed by atoms with E-state index in [-0.39, 0.29) is 28.3 Å². The van der Waals surface area contributed by atoms with E-state index in [1.165, 1.54) is 37.7 Å². The molecule has 0 aromatic heterocycles. The SMILES string of the molecule is CC(=O)OC1CCC2(C)C3=CC[C@]4(C)C(C(C)CCC=C(C)C)CC[C@@]4(C)C3=CC[C@H]2C1(C)C. The van der Waals surface area contributed by atoms with Crippen molar-refractivity contribution < 1.29 is 9.53 Å². The number of fused-ring (bicyclic) bond motifs is 5. The molecule has 0 amide bonds. The minimum Gasteiger partial charge on any atom is -0.462 e. The van der Waals surface area contributed by atoms with Crippen molar-refractivity contribution in [2.24, 2.45) is 39.4 Å². The minimum absolute atomic E-state index is 0.0130. The molecule has 2 nitrogen and oxygen atoms in total. The van der Waals surface area contributed by atoms with Crippen LogP contribution in [0.15, 0.2) is 34.9 Å². The fraction of sp³-hybridized carbons (Fsp3) is 0.781. The lowest BCUT2D eigenvalue weighted by molar-refractivity contribution is -0.165. The third-order valence-corrected chi connectivity index (χ3v) is 11.4. The maximum atomic E-state index is 11.8. The van der Waals surface area contributed by atoms with Crippen LogP contribution in [-0.4, -0.2) is 12.1 Å². The van der Waals surface area contributed by atoms with Gasteiger partial charge in [0.05, 0.1) is 0 Å². The van der Waals surface area contributed by atoms with Gasteiger partial charge in [-0.15, -0.1) is 0 Å². The monoisotopic (exact) mass is 466 g/mol. The van der Waals surface area contributed by atoms with E-state index >= 15 is 0 Å². The maximum Gasteiger partial charge on any atom is 0.302 e. The smallest absolute Gasteiger partial charge is 0.302 e. The molecule has 190 valence electrons. The van der Waals surface area contributed by atoms with Crippen LogP contribution in [0.25, 0.3) is 0 Å². The van der Waals surface area contributed by atoms with Crippen molar-refractivity contribution in [1.82, 2.24) is 0 Å². The molecule has 4 rings (SSSR count). The number of rotatable bonds is 5. The van der Waals surface area contributed by atoms with Crippen LogP contribution >= 0.6 is 0 Å². The number of hydrogen-bond donors (Lipinski definition) is 0. The van der Waals surface area contributed by atoms with Crippen LogP contribution in [0.4, 0.5) is 0 Å². The van der Waals surface area contributed by atoms with Crippen LogP contribution in [0.2, 0.25) is 0 Å². The summed E-state index contributed by atoms with van der Waals surface area (Å²) in [5.74, 6) is 1.94. The van der Waals surface area contributed by atoms with Crippen molar-refractivity contribution in [3.63, 3.8) is 0 Å². The Bertz CT molecular complexity index is 915. The van der Waals surface area contributed by atoms with E-state index in [0.29, 0.717) is 11.3 Å². The largest absolute Gasteiger partial charge is 0.462 e. The predicted molar refractivity (Wildman–Crippen MR) is 142 cm³/mol. The standard InChI is InChI=1S/C32H50O2/c1-21(2)11-10-12-22(3)24-15-19-32(9)26-13-14-27-29(5,6)28(34-23(4)33)17-18-30(27,7)25(26)16-20-31(24,32)8/h11,13,16,22,24,27-28H,10,12,14-15,17-20H2,1-9H3/t22?,24?,27-,28?,30?,31+,32-/m0/s1. The first kappa shape index (κ1) is 25.8. The third kappa shape index (κ3) is 3.77. The Balaban J connectivity index is 1.64. The summed E-state index contributed by atoms with van der Waals surface area (Å²) in [6.07, 6.45) is 17.4. The summed E-state index contributed by atoms with van der Waals surface area (Å²) in [6, 6.07) is 0. The molecular formula is C32H50O2. The molecule has 4 unspecified atom stereocenters. The lowest BCUT2D eigenvalue weighted by Crippen LogP contribution is -2.55. The second-order valence-electron chi connectivity index (χ2n) is 13.8. The Morgan fingerprint density at radius 3 is 2.41 bits per heavy atom. The molecule has 2 heteroatoms. The predicted octanol–water partition coefficient (Wildman–Crippen LogP) is 8.83. The van der Waals surface area contributed by atoms with Gasteiger partial charge in [-0.3, -0.25) is 4.79 Å². The number of carbonyl (C=O) groups excluding carboxylic acids is 1. The van der Waals surface area contributed by atoms with Gasteiger partial charge >= 0.3 is 5.97 Å². The fourth-order valence-electron chi connectivity index (χ4n) is 9.18. The molecule has 2 fully saturated rings. The zero-order chi connectivity index (χ0) is 25.1. The normalized spacial score (nSPS) is 41.3. The number of ether oxygens (including phenoxy) is 1. The second kappa shape index (κ2) is 8.67. The molecule has 0 bridgehead atoms. The lowest BCUT2D eigenvalue weighted by Gasteiger charge is -2.61. The van der Waals surface area contributed by atoms with E-state index < -0.39 is 0 Å². The topological polar surface area (TPSA) is 26.3 Å². The molecule has 0 saturated heterocycles. The van der Waals surface area contributed by atoms with Gasteiger partial charge in [-0.1, -0.05) is 65.3 Å². The summed E-state index contributed by atoms with van der Waals surface area (Å²) < 4.78 is 5.85. The van der Waals surface area contributed by atoms with E-state index in [1.54, 1.807) is 18.1 Å². The Hall–Kier alpha value is -1.31. The Morgan fingerprint density at radius 2 is 1.76 bits per heavy atom. The Morgan fingerprint density at radius 1 is 1.06 bits per heavy atom. The highest BCUT2D eigenvalue weighted by Gasteiger charge is 2.63. The lowest BCUT2D eigenvalue weighted by atomic mass is 9.44. The van der Waals surface area contributed by atoms with Crippen molar-refractivity contribution in [2.45, 2.75) is 120 Å². The molecule has 34 heavy (non-hydrogen) atoms. The molecule has 0 aliphatic heterocycles. The fourth-order valence-corrected chi connectivity index (χ4v) is 9.18. The van der Waals surface area contributed by atoms with Gasteiger partial charge in [0.25, 0.3) is 0 Å². The first-order chi connectivity index (χ1) is 15.8. The molecule has 4 aliphatic rings. The van der Waals surface area contributed by atoms with Crippen molar-refractivity contribution in [3.8, 4) is 0 Å². The molecule has 0 N–H and O–H groups in total. The van der Waals surface area contributed by atoms with Crippen molar-refractivity contribution in [1.29, 1.82) is 0 Å². The summed E-state index contributed by atoms with van der Waals surface area (Å²) in [6.45, 7) is 21.0. The zero-order valence-electron chi connectivity index (χ0n) is 23.5. The summed E-state index contributed by atoms with van der Waals surface area (Å²) >= 11 is 0. The van der Waals surface area contributed by atoms with E-state index in [4.69, 9.17) is 4.74 Å². The average Bonchev–Trinajstić information content (AvgIpc) is 3.01. The van der Waals surface area contributed by atoms with E-state index in [0.717, 1.165) is 31.1 Å². The van der Waals surface area contributed by atoms with Gasteiger partial charge in [0.2, 0.25) is 0 Å². The van der Waals surface area contributed by atoms with Crippen LogP contribution in [0.1, 0.15) is 114 Å². The van der Waals surface area contributed by atoms with Gasteiger partial charge in [0.15, 0.2) is 0 Å². The quantitative estimate of drug-likeness (QED) is 0.299. The molecule has 0 radical (unpaired) electrons. The molecule has 0 spiro atoms. The highest BCUT2D eigenvalue weighted by molar-refractivity contribution is 5.66. The van der Waals surface area contributed by atoms with Gasteiger partial charge in [-0.2, -0.15) is 0 Å². The zero-order valence-corrected chi connectivity index (χ0v) is 23.5. The van der Waals surface area contributed by atoms with Gasteiger partial charge in [-0.25, -0.2) is 0 Å². The highest BCUT2D eigenvalue weighted by atomic mass is 16.5. The molecule has 4 aliphatic carbocycles. The van der Waals surface area contributed by atoms with Crippen molar-refractivity contribution >= 4 is 5.97 Å². The van der Waals surface area contributed by atoms with Gasteiger partial charge in [0, 0.05) is 12.3 Å². The average molecular weight is 467 g/mol. The first-order valence-electron chi connectivity index (χ1n) is 14.0. The Labute approximate surface area is 209 Å². The Kier molecular flexibility index (Phi) is 6.57. The minimum atomic E-state index is -0.135. The third-order valence-electron chi connectivity index (χ3n) is 11.4. The highest BCUT2D eigenvalue weighted by Crippen LogP contribution is 2.71.